The number of aryl methyl sites for hydroxylation is 1. The second kappa shape index (κ2) is 10.0. The summed E-state index contributed by atoms with van der Waals surface area (Å²) in [5, 5.41) is 3.24. The molecule has 0 saturated carbocycles. The molecule has 0 bridgehead atoms. The van der Waals surface area contributed by atoms with Gasteiger partial charge in [-0.3, -0.25) is 4.79 Å². The first-order valence-corrected chi connectivity index (χ1v) is 11.5. The fraction of sp³-hybridized carbons (Fsp3) is 0.321. The van der Waals surface area contributed by atoms with Crippen LogP contribution in [0.4, 0.5) is 5.69 Å². The molecule has 1 aliphatic heterocycles. The molecule has 0 saturated heterocycles. The molecular formula is C28H34N3O+. The highest BCUT2D eigenvalue weighted by molar-refractivity contribution is 5.78. The van der Waals surface area contributed by atoms with E-state index in [4.69, 9.17) is 0 Å². The standard InChI is InChI=1S/C28H33N3O/c1-21-7-6-8-22(17-21)18-28(32)29-19-27(24-11-13-26(14-12-24)30(2)3)31-16-15-23-9-4-5-10-25(23)20-31/h4-14,17,27H,15-16,18-20H2,1-3H3,(H,29,32)/p+1. The van der Waals surface area contributed by atoms with Crippen LogP contribution in [-0.4, -0.2) is 33.1 Å². The van der Waals surface area contributed by atoms with Crippen molar-refractivity contribution >= 4 is 11.6 Å². The molecule has 32 heavy (non-hydrogen) atoms. The lowest BCUT2D eigenvalue weighted by atomic mass is 9.96. The van der Waals surface area contributed by atoms with Crippen molar-refractivity contribution in [1.82, 2.24) is 5.32 Å². The number of carbonyl (C=O) groups is 1. The van der Waals surface area contributed by atoms with Crippen LogP contribution < -0.4 is 15.1 Å². The molecule has 4 heteroatoms. The topological polar surface area (TPSA) is 36.8 Å². The van der Waals surface area contributed by atoms with E-state index in [1.54, 1.807) is 0 Å². The monoisotopic (exact) mass is 428 g/mol. The molecule has 2 unspecified atom stereocenters. The van der Waals surface area contributed by atoms with Gasteiger partial charge in [-0.25, -0.2) is 0 Å². The molecule has 3 aromatic rings. The van der Waals surface area contributed by atoms with Crippen molar-refractivity contribution in [2.45, 2.75) is 32.4 Å². The van der Waals surface area contributed by atoms with Gasteiger partial charge in [-0.2, -0.15) is 0 Å². The minimum absolute atomic E-state index is 0.0855. The van der Waals surface area contributed by atoms with Gasteiger partial charge in [0.1, 0.15) is 12.6 Å². The Morgan fingerprint density at radius 2 is 1.75 bits per heavy atom. The van der Waals surface area contributed by atoms with Crippen molar-refractivity contribution in [3.63, 3.8) is 0 Å². The van der Waals surface area contributed by atoms with Crippen molar-refractivity contribution in [2.24, 2.45) is 0 Å². The van der Waals surface area contributed by atoms with Crippen molar-refractivity contribution in [3.8, 4) is 0 Å². The van der Waals surface area contributed by atoms with Gasteiger partial charge in [0, 0.05) is 37.3 Å². The molecule has 3 aromatic carbocycles. The Balaban J connectivity index is 1.50. The largest absolute Gasteiger partial charge is 0.378 e. The van der Waals surface area contributed by atoms with Gasteiger partial charge in [0.25, 0.3) is 0 Å². The van der Waals surface area contributed by atoms with E-state index in [1.165, 1.54) is 32.8 Å². The van der Waals surface area contributed by atoms with Gasteiger partial charge in [-0.05, 0) is 30.2 Å². The van der Waals surface area contributed by atoms with E-state index >= 15 is 0 Å². The van der Waals surface area contributed by atoms with Crippen molar-refractivity contribution in [3.05, 3.63) is 101 Å². The van der Waals surface area contributed by atoms with Crippen molar-refractivity contribution < 1.29 is 9.69 Å². The molecule has 4 rings (SSSR count). The summed E-state index contributed by atoms with van der Waals surface area (Å²) in [6.07, 6.45) is 1.50. The van der Waals surface area contributed by atoms with Gasteiger partial charge in [-0.15, -0.1) is 0 Å². The fourth-order valence-electron chi connectivity index (χ4n) is 4.69. The number of amides is 1. The van der Waals surface area contributed by atoms with Gasteiger partial charge in [0.15, 0.2) is 0 Å². The average Bonchev–Trinajstić information content (AvgIpc) is 2.79. The molecule has 0 radical (unpaired) electrons. The number of nitrogens with one attached hydrogen (secondary N) is 2. The van der Waals surface area contributed by atoms with Gasteiger partial charge in [-0.1, -0.05) is 66.2 Å². The number of quaternary nitrogens is 1. The highest BCUT2D eigenvalue weighted by atomic mass is 16.1. The van der Waals surface area contributed by atoms with E-state index < -0.39 is 0 Å². The van der Waals surface area contributed by atoms with Crippen LogP contribution in [-0.2, 0) is 24.2 Å². The Kier molecular flexibility index (Phi) is 6.91. The highest BCUT2D eigenvalue weighted by Crippen LogP contribution is 2.19. The fourth-order valence-corrected chi connectivity index (χ4v) is 4.69. The summed E-state index contributed by atoms with van der Waals surface area (Å²) in [6.45, 7) is 4.77. The summed E-state index contributed by atoms with van der Waals surface area (Å²) in [6, 6.07) is 26.0. The van der Waals surface area contributed by atoms with Gasteiger partial charge >= 0.3 is 0 Å². The quantitative estimate of drug-likeness (QED) is 0.607. The zero-order valence-corrected chi connectivity index (χ0v) is 19.4. The summed E-state index contributed by atoms with van der Waals surface area (Å²) < 4.78 is 0. The maximum Gasteiger partial charge on any atom is 0.224 e. The molecule has 166 valence electrons. The Hall–Kier alpha value is -3.11. The Morgan fingerprint density at radius 3 is 2.47 bits per heavy atom. The van der Waals surface area contributed by atoms with Crippen LogP contribution in [0.3, 0.4) is 0 Å². The van der Waals surface area contributed by atoms with Crippen LogP contribution in [0.25, 0.3) is 0 Å². The Morgan fingerprint density at radius 1 is 1.00 bits per heavy atom. The normalized spacial score (nSPS) is 16.2. The third-order valence-electron chi connectivity index (χ3n) is 6.51. The molecule has 2 N–H and O–H groups in total. The number of carbonyl (C=O) groups excluding carboxylic acids is 1. The lowest BCUT2D eigenvalue weighted by Crippen LogP contribution is -3.12. The summed E-state index contributed by atoms with van der Waals surface area (Å²) in [7, 11) is 4.12. The molecule has 4 nitrogen and oxygen atoms in total. The Bertz CT molecular complexity index is 1060. The lowest BCUT2D eigenvalue weighted by molar-refractivity contribution is -0.945. The first-order valence-electron chi connectivity index (χ1n) is 11.5. The number of fused-ring (bicyclic) bond motifs is 1. The van der Waals surface area contributed by atoms with Gasteiger partial charge in [0.2, 0.25) is 5.91 Å². The molecular weight excluding hydrogens is 394 g/mol. The number of nitrogens with zero attached hydrogens (tertiary/aromatic N) is 1. The summed E-state index contributed by atoms with van der Waals surface area (Å²) in [4.78, 5) is 16.4. The zero-order chi connectivity index (χ0) is 22.5. The predicted molar refractivity (Wildman–Crippen MR) is 131 cm³/mol. The van der Waals surface area contributed by atoms with E-state index in [1.807, 2.05) is 12.1 Å². The van der Waals surface area contributed by atoms with Crippen LogP contribution in [0.2, 0.25) is 0 Å². The summed E-state index contributed by atoms with van der Waals surface area (Å²) >= 11 is 0. The second-order valence-corrected chi connectivity index (χ2v) is 9.11. The third-order valence-corrected chi connectivity index (χ3v) is 6.51. The zero-order valence-electron chi connectivity index (χ0n) is 19.4. The highest BCUT2D eigenvalue weighted by Gasteiger charge is 2.28. The van der Waals surface area contributed by atoms with E-state index in [0.717, 1.165) is 25.1 Å². The number of anilines is 1. The summed E-state index contributed by atoms with van der Waals surface area (Å²) in [5.74, 6) is 0.0855. The van der Waals surface area contributed by atoms with Crippen molar-refractivity contribution in [1.29, 1.82) is 0 Å². The minimum Gasteiger partial charge on any atom is -0.378 e. The molecule has 1 amide bonds. The number of hydrogen-bond acceptors (Lipinski definition) is 2. The average molecular weight is 429 g/mol. The smallest absolute Gasteiger partial charge is 0.224 e. The first-order chi connectivity index (χ1) is 15.5. The number of rotatable bonds is 7. The van der Waals surface area contributed by atoms with Crippen LogP contribution in [0.5, 0.6) is 0 Å². The maximum absolute atomic E-state index is 12.8. The number of hydrogen-bond donors (Lipinski definition) is 2. The first kappa shape index (κ1) is 22.1. The van der Waals surface area contributed by atoms with E-state index in [2.05, 4.69) is 91.9 Å². The van der Waals surface area contributed by atoms with E-state index in [9.17, 15) is 4.79 Å². The maximum atomic E-state index is 12.8. The van der Waals surface area contributed by atoms with Gasteiger partial charge in [0.05, 0.1) is 19.5 Å². The molecule has 0 aromatic heterocycles. The van der Waals surface area contributed by atoms with E-state index in [0.29, 0.717) is 13.0 Å². The van der Waals surface area contributed by atoms with Crippen molar-refractivity contribution in [2.75, 3.05) is 32.1 Å². The molecule has 1 heterocycles. The van der Waals surface area contributed by atoms with E-state index in [-0.39, 0.29) is 11.9 Å². The molecule has 2 atom stereocenters. The molecule has 0 spiro atoms. The number of benzene rings is 3. The van der Waals surface area contributed by atoms with Crippen LogP contribution in [0.15, 0.2) is 72.8 Å². The lowest BCUT2D eigenvalue weighted by Gasteiger charge is -2.33. The van der Waals surface area contributed by atoms with Crippen LogP contribution >= 0.6 is 0 Å². The Labute approximate surface area is 191 Å². The van der Waals surface area contributed by atoms with Crippen LogP contribution in [0.1, 0.15) is 33.9 Å². The summed E-state index contributed by atoms with van der Waals surface area (Å²) in [5.41, 5.74) is 7.60. The predicted octanol–water partition coefficient (Wildman–Crippen LogP) is 3.10. The second-order valence-electron chi connectivity index (χ2n) is 9.11. The van der Waals surface area contributed by atoms with Crippen LogP contribution in [0, 0.1) is 6.92 Å². The third kappa shape index (κ3) is 5.38. The molecule has 0 fully saturated rings. The molecule has 0 aliphatic carbocycles. The van der Waals surface area contributed by atoms with Gasteiger partial charge < -0.3 is 15.1 Å². The molecule has 1 aliphatic rings. The SMILES string of the molecule is Cc1cccc(CC(=O)NCC(c2ccc(N(C)C)cc2)[NH+]2CCc3ccccc3C2)c1. The minimum atomic E-state index is 0.0855.